The standard InChI is InChI=1S/C10H17N5/c1-11-10-9(13-2-3-14-10)8-15-6-4-12-5-7-15/h2-3,12H,4-8H2,1H3,(H,11,14). The van der Waals surface area contributed by atoms with E-state index in [1.807, 2.05) is 7.05 Å². The summed E-state index contributed by atoms with van der Waals surface area (Å²) in [6, 6.07) is 0. The van der Waals surface area contributed by atoms with E-state index < -0.39 is 0 Å². The van der Waals surface area contributed by atoms with Crippen LogP contribution < -0.4 is 10.6 Å². The Morgan fingerprint density at radius 1 is 1.33 bits per heavy atom. The number of piperazine rings is 1. The first-order valence-corrected chi connectivity index (χ1v) is 5.31. The molecule has 1 aromatic rings. The topological polar surface area (TPSA) is 53.1 Å². The van der Waals surface area contributed by atoms with E-state index in [-0.39, 0.29) is 0 Å². The van der Waals surface area contributed by atoms with Crippen LogP contribution >= 0.6 is 0 Å². The summed E-state index contributed by atoms with van der Waals surface area (Å²) in [5.74, 6) is 0.885. The minimum atomic E-state index is 0.881. The van der Waals surface area contributed by atoms with Gasteiger partial charge in [-0.2, -0.15) is 0 Å². The van der Waals surface area contributed by atoms with Crippen LogP contribution in [0.4, 0.5) is 5.82 Å². The second-order valence-electron chi connectivity index (χ2n) is 3.63. The van der Waals surface area contributed by atoms with Crippen LogP contribution in [0.25, 0.3) is 0 Å². The van der Waals surface area contributed by atoms with Crippen LogP contribution in [-0.2, 0) is 6.54 Å². The van der Waals surface area contributed by atoms with E-state index in [4.69, 9.17) is 0 Å². The maximum absolute atomic E-state index is 4.36. The number of hydrogen-bond acceptors (Lipinski definition) is 5. The van der Waals surface area contributed by atoms with Crippen molar-refractivity contribution in [2.75, 3.05) is 38.5 Å². The Morgan fingerprint density at radius 3 is 2.80 bits per heavy atom. The van der Waals surface area contributed by atoms with Crippen molar-refractivity contribution in [1.82, 2.24) is 20.2 Å². The molecule has 0 saturated carbocycles. The molecule has 1 fully saturated rings. The summed E-state index contributed by atoms with van der Waals surface area (Å²) in [6.45, 7) is 5.18. The second kappa shape index (κ2) is 5.04. The highest BCUT2D eigenvalue weighted by Gasteiger charge is 2.12. The van der Waals surface area contributed by atoms with Gasteiger partial charge in [-0.3, -0.25) is 9.88 Å². The maximum Gasteiger partial charge on any atom is 0.148 e. The zero-order valence-electron chi connectivity index (χ0n) is 9.03. The summed E-state index contributed by atoms with van der Waals surface area (Å²) in [7, 11) is 1.88. The average Bonchev–Trinajstić information content (AvgIpc) is 2.31. The van der Waals surface area contributed by atoms with Crippen LogP contribution in [0.1, 0.15) is 5.69 Å². The fourth-order valence-electron chi connectivity index (χ4n) is 1.77. The summed E-state index contributed by atoms with van der Waals surface area (Å²) >= 11 is 0. The maximum atomic E-state index is 4.36. The largest absolute Gasteiger partial charge is 0.372 e. The fraction of sp³-hybridized carbons (Fsp3) is 0.600. The van der Waals surface area contributed by atoms with Crippen molar-refractivity contribution in [3.05, 3.63) is 18.1 Å². The molecule has 82 valence electrons. The van der Waals surface area contributed by atoms with Gasteiger partial charge in [0.1, 0.15) is 5.82 Å². The SMILES string of the molecule is CNc1nccnc1CN1CCNCC1. The number of anilines is 1. The second-order valence-corrected chi connectivity index (χ2v) is 3.63. The smallest absolute Gasteiger partial charge is 0.148 e. The van der Waals surface area contributed by atoms with Gasteiger partial charge < -0.3 is 10.6 Å². The van der Waals surface area contributed by atoms with Crippen molar-refractivity contribution in [2.24, 2.45) is 0 Å². The molecule has 2 rings (SSSR count). The summed E-state index contributed by atoms with van der Waals surface area (Å²) in [4.78, 5) is 11.0. The Labute approximate surface area is 89.9 Å². The Hall–Kier alpha value is -1.20. The highest BCUT2D eigenvalue weighted by molar-refractivity contribution is 5.38. The van der Waals surface area contributed by atoms with Crippen LogP contribution in [-0.4, -0.2) is 48.1 Å². The average molecular weight is 207 g/mol. The zero-order chi connectivity index (χ0) is 10.5. The lowest BCUT2D eigenvalue weighted by atomic mass is 10.3. The number of nitrogens with zero attached hydrogens (tertiary/aromatic N) is 3. The summed E-state index contributed by atoms with van der Waals surface area (Å²) in [6.07, 6.45) is 3.46. The van der Waals surface area contributed by atoms with E-state index in [1.165, 1.54) is 0 Å². The molecule has 0 bridgehead atoms. The van der Waals surface area contributed by atoms with Crippen LogP contribution in [0.2, 0.25) is 0 Å². The molecule has 5 heteroatoms. The van der Waals surface area contributed by atoms with Gasteiger partial charge in [0.2, 0.25) is 0 Å². The van der Waals surface area contributed by atoms with Crippen molar-refractivity contribution in [2.45, 2.75) is 6.54 Å². The molecule has 5 nitrogen and oxygen atoms in total. The summed E-state index contributed by atoms with van der Waals surface area (Å²) in [5.41, 5.74) is 1.03. The quantitative estimate of drug-likeness (QED) is 0.726. The predicted molar refractivity (Wildman–Crippen MR) is 59.7 cm³/mol. The Bertz CT molecular complexity index is 308. The number of aromatic nitrogens is 2. The molecule has 15 heavy (non-hydrogen) atoms. The summed E-state index contributed by atoms with van der Waals surface area (Å²) < 4.78 is 0. The first-order valence-electron chi connectivity index (χ1n) is 5.31. The third-order valence-electron chi connectivity index (χ3n) is 2.59. The van der Waals surface area contributed by atoms with Gasteiger partial charge in [-0.05, 0) is 0 Å². The molecular weight excluding hydrogens is 190 g/mol. The molecular formula is C10H17N5. The van der Waals surface area contributed by atoms with Crippen molar-refractivity contribution < 1.29 is 0 Å². The van der Waals surface area contributed by atoms with E-state index in [1.54, 1.807) is 12.4 Å². The van der Waals surface area contributed by atoms with Gasteiger partial charge in [-0.1, -0.05) is 0 Å². The molecule has 0 radical (unpaired) electrons. The van der Waals surface area contributed by atoms with Crippen LogP contribution in [0.5, 0.6) is 0 Å². The van der Waals surface area contributed by atoms with Gasteiger partial charge in [0.05, 0.1) is 5.69 Å². The first-order chi connectivity index (χ1) is 7.40. The molecule has 1 aliphatic heterocycles. The molecule has 2 heterocycles. The molecule has 1 aromatic heterocycles. The third-order valence-corrected chi connectivity index (χ3v) is 2.59. The summed E-state index contributed by atoms with van der Waals surface area (Å²) in [5, 5.41) is 6.41. The number of hydrogen-bond donors (Lipinski definition) is 2. The molecule has 0 atom stereocenters. The molecule has 0 unspecified atom stereocenters. The lowest BCUT2D eigenvalue weighted by Gasteiger charge is -2.27. The molecule has 0 spiro atoms. The van der Waals surface area contributed by atoms with Gasteiger partial charge in [0.25, 0.3) is 0 Å². The Balaban J connectivity index is 2.02. The van der Waals surface area contributed by atoms with Crippen LogP contribution in [0.3, 0.4) is 0 Å². The van der Waals surface area contributed by atoms with Crippen molar-refractivity contribution in [1.29, 1.82) is 0 Å². The van der Waals surface area contributed by atoms with Crippen molar-refractivity contribution >= 4 is 5.82 Å². The lowest BCUT2D eigenvalue weighted by molar-refractivity contribution is 0.231. The molecule has 0 aliphatic carbocycles. The number of nitrogens with one attached hydrogen (secondary N) is 2. The van der Waals surface area contributed by atoms with Crippen LogP contribution in [0.15, 0.2) is 12.4 Å². The molecule has 2 N–H and O–H groups in total. The Kier molecular flexibility index (Phi) is 3.47. The first kappa shape index (κ1) is 10.3. The highest BCUT2D eigenvalue weighted by atomic mass is 15.2. The normalized spacial score (nSPS) is 17.7. The predicted octanol–water partition coefficient (Wildman–Crippen LogP) is -0.0765. The van der Waals surface area contributed by atoms with Crippen molar-refractivity contribution in [3.8, 4) is 0 Å². The Morgan fingerprint density at radius 2 is 2.07 bits per heavy atom. The third kappa shape index (κ3) is 2.64. The monoisotopic (exact) mass is 207 g/mol. The van der Waals surface area contributed by atoms with E-state index in [2.05, 4.69) is 25.5 Å². The van der Waals surface area contributed by atoms with Gasteiger partial charge in [-0.15, -0.1) is 0 Å². The van der Waals surface area contributed by atoms with Crippen LogP contribution in [0, 0.1) is 0 Å². The van der Waals surface area contributed by atoms with Crippen molar-refractivity contribution in [3.63, 3.8) is 0 Å². The van der Waals surface area contributed by atoms with E-state index in [0.29, 0.717) is 0 Å². The van der Waals surface area contributed by atoms with Gasteiger partial charge in [0, 0.05) is 52.2 Å². The molecule has 0 amide bonds. The fourth-order valence-corrected chi connectivity index (χ4v) is 1.77. The van der Waals surface area contributed by atoms with E-state index in [0.717, 1.165) is 44.2 Å². The molecule has 0 aromatic carbocycles. The van der Waals surface area contributed by atoms with E-state index in [9.17, 15) is 0 Å². The van der Waals surface area contributed by atoms with Gasteiger partial charge >= 0.3 is 0 Å². The van der Waals surface area contributed by atoms with E-state index >= 15 is 0 Å². The minimum absolute atomic E-state index is 0.881. The molecule has 1 saturated heterocycles. The highest BCUT2D eigenvalue weighted by Crippen LogP contribution is 2.10. The lowest BCUT2D eigenvalue weighted by Crippen LogP contribution is -2.43. The van der Waals surface area contributed by atoms with Gasteiger partial charge in [-0.25, -0.2) is 4.98 Å². The van der Waals surface area contributed by atoms with Gasteiger partial charge in [0.15, 0.2) is 0 Å². The molecule has 1 aliphatic rings. The zero-order valence-corrected chi connectivity index (χ0v) is 9.03. The number of rotatable bonds is 3. The minimum Gasteiger partial charge on any atom is -0.372 e.